The lowest BCUT2D eigenvalue weighted by Crippen LogP contribution is -2.37. The van der Waals surface area contributed by atoms with E-state index in [1.54, 1.807) is 6.20 Å². The average Bonchev–Trinajstić information content (AvgIpc) is 3.25. The van der Waals surface area contributed by atoms with Gasteiger partial charge in [-0.3, -0.25) is 14.3 Å². The highest BCUT2D eigenvalue weighted by Crippen LogP contribution is 2.24. The largest absolute Gasteiger partial charge is 0.355 e. The molecule has 0 saturated carbocycles. The summed E-state index contributed by atoms with van der Waals surface area (Å²) in [5, 5.41) is 10.0. The number of benzene rings is 2. The minimum Gasteiger partial charge on any atom is -0.355 e. The Morgan fingerprint density at radius 3 is 2.39 bits per heavy atom. The van der Waals surface area contributed by atoms with Crippen LogP contribution in [0.25, 0.3) is 11.1 Å². The molecule has 0 unspecified atom stereocenters. The van der Waals surface area contributed by atoms with Crippen LogP contribution in [0.2, 0.25) is 0 Å². The van der Waals surface area contributed by atoms with Crippen LogP contribution in [0.1, 0.15) is 38.3 Å². The fourth-order valence-electron chi connectivity index (χ4n) is 3.16. The van der Waals surface area contributed by atoms with E-state index >= 15 is 0 Å². The molecule has 0 aliphatic carbocycles. The summed E-state index contributed by atoms with van der Waals surface area (Å²) in [6.45, 7) is 7.06. The van der Waals surface area contributed by atoms with Crippen molar-refractivity contribution in [3.05, 3.63) is 78.1 Å². The number of hydrogen-bond donors (Lipinski definition) is 2. The number of hydrogen-bond acceptors (Lipinski definition) is 3. The molecule has 6 heteroatoms. The van der Waals surface area contributed by atoms with Crippen LogP contribution in [0.3, 0.4) is 0 Å². The molecule has 0 radical (unpaired) electrons. The van der Waals surface area contributed by atoms with Gasteiger partial charge in [-0.1, -0.05) is 69.3 Å². The molecule has 1 aromatic heterocycles. The molecular weight excluding hydrogens is 388 g/mol. The van der Waals surface area contributed by atoms with Crippen LogP contribution < -0.4 is 10.6 Å². The first kappa shape index (κ1) is 22.3. The zero-order valence-electron chi connectivity index (χ0n) is 18.4. The number of carbonyl (C=O) groups is 2. The molecule has 0 spiro atoms. The van der Waals surface area contributed by atoms with Gasteiger partial charge in [0.05, 0.1) is 6.54 Å². The summed E-state index contributed by atoms with van der Waals surface area (Å²) < 4.78 is 1.89. The smallest absolute Gasteiger partial charge is 0.225 e. The summed E-state index contributed by atoms with van der Waals surface area (Å²) in [6.07, 6.45) is 3.98. The van der Waals surface area contributed by atoms with Crippen molar-refractivity contribution in [2.24, 2.45) is 5.41 Å². The highest BCUT2D eigenvalue weighted by atomic mass is 16.2. The number of aromatic nitrogens is 2. The van der Waals surface area contributed by atoms with Gasteiger partial charge in [-0.2, -0.15) is 5.10 Å². The van der Waals surface area contributed by atoms with Crippen LogP contribution >= 0.6 is 0 Å². The van der Waals surface area contributed by atoms with Crippen LogP contribution in [-0.2, 0) is 22.7 Å². The molecule has 31 heavy (non-hydrogen) atoms. The van der Waals surface area contributed by atoms with Crippen LogP contribution in [0.4, 0.5) is 0 Å². The predicted molar refractivity (Wildman–Crippen MR) is 122 cm³/mol. The molecule has 0 bridgehead atoms. The van der Waals surface area contributed by atoms with Crippen molar-refractivity contribution in [2.75, 3.05) is 6.54 Å². The molecule has 6 nitrogen and oxygen atoms in total. The van der Waals surface area contributed by atoms with Crippen molar-refractivity contribution < 1.29 is 9.59 Å². The monoisotopic (exact) mass is 418 g/mol. The summed E-state index contributed by atoms with van der Waals surface area (Å²) in [5.41, 5.74) is 3.97. The standard InChI is InChI=1S/C25H30N4O2/c1-25(2,3)24(31)26-15-13-23(30)27-17-21-7-4-5-8-22(21)20-11-9-19(10-12-20)18-29-16-6-14-28-29/h4-12,14,16H,13,15,17-18H2,1-3H3,(H,26,31)(H,27,30). The van der Waals surface area contributed by atoms with Gasteiger partial charge in [-0.25, -0.2) is 0 Å². The topological polar surface area (TPSA) is 76.0 Å². The summed E-state index contributed by atoms with van der Waals surface area (Å²) in [7, 11) is 0. The number of rotatable bonds is 8. The number of amides is 2. The first-order valence-electron chi connectivity index (χ1n) is 10.5. The van der Waals surface area contributed by atoms with Crippen molar-refractivity contribution in [3.8, 4) is 11.1 Å². The second-order valence-corrected chi connectivity index (χ2v) is 8.59. The Bertz CT molecular complexity index is 1000. The Morgan fingerprint density at radius 2 is 1.71 bits per heavy atom. The van der Waals surface area contributed by atoms with Crippen molar-refractivity contribution in [2.45, 2.75) is 40.3 Å². The molecule has 0 fully saturated rings. The highest BCUT2D eigenvalue weighted by Gasteiger charge is 2.20. The van der Waals surface area contributed by atoms with E-state index in [1.165, 1.54) is 5.56 Å². The molecule has 3 aromatic rings. The summed E-state index contributed by atoms with van der Waals surface area (Å²) >= 11 is 0. The van der Waals surface area contributed by atoms with Gasteiger partial charge in [-0.05, 0) is 28.3 Å². The van der Waals surface area contributed by atoms with Crippen molar-refractivity contribution in [1.82, 2.24) is 20.4 Å². The van der Waals surface area contributed by atoms with E-state index in [2.05, 4.69) is 46.1 Å². The van der Waals surface area contributed by atoms with E-state index < -0.39 is 5.41 Å². The Morgan fingerprint density at radius 1 is 0.968 bits per heavy atom. The molecule has 1 heterocycles. The first-order valence-corrected chi connectivity index (χ1v) is 10.5. The minimum absolute atomic E-state index is 0.0540. The van der Waals surface area contributed by atoms with Gasteiger partial charge in [0, 0.05) is 37.3 Å². The molecule has 2 N–H and O–H groups in total. The molecule has 0 saturated heterocycles. The minimum atomic E-state index is -0.455. The summed E-state index contributed by atoms with van der Waals surface area (Å²) in [6, 6.07) is 18.4. The van der Waals surface area contributed by atoms with E-state index in [9.17, 15) is 9.59 Å². The third-order valence-electron chi connectivity index (χ3n) is 4.98. The van der Waals surface area contributed by atoms with E-state index in [-0.39, 0.29) is 18.2 Å². The van der Waals surface area contributed by atoms with E-state index in [4.69, 9.17) is 0 Å². The van der Waals surface area contributed by atoms with Gasteiger partial charge in [0.2, 0.25) is 11.8 Å². The van der Waals surface area contributed by atoms with Crippen molar-refractivity contribution >= 4 is 11.8 Å². The Balaban J connectivity index is 1.56. The summed E-state index contributed by atoms with van der Waals surface area (Å²) in [4.78, 5) is 24.1. The normalized spacial score (nSPS) is 11.2. The maximum atomic E-state index is 12.2. The molecular formula is C25H30N4O2. The van der Waals surface area contributed by atoms with E-state index in [0.29, 0.717) is 13.1 Å². The number of carbonyl (C=O) groups excluding carboxylic acids is 2. The number of nitrogens with zero attached hydrogens (tertiary/aromatic N) is 2. The SMILES string of the molecule is CC(C)(C)C(=O)NCCC(=O)NCc1ccccc1-c1ccc(Cn2cccn2)cc1. The molecule has 2 aromatic carbocycles. The third-order valence-corrected chi connectivity index (χ3v) is 4.98. The quantitative estimate of drug-likeness (QED) is 0.585. The lowest BCUT2D eigenvalue weighted by molar-refractivity contribution is -0.128. The lowest BCUT2D eigenvalue weighted by Gasteiger charge is -2.17. The van der Waals surface area contributed by atoms with Gasteiger partial charge < -0.3 is 10.6 Å². The van der Waals surface area contributed by atoms with Crippen LogP contribution in [-0.4, -0.2) is 28.1 Å². The molecule has 0 aliphatic heterocycles. The second-order valence-electron chi connectivity index (χ2n) is 8.59. The van der Waals surface area contributed by atoms with Gasteiger partial charge in [0.1, 0.15) is 0 Å². The average molecular weight is 419 g/mol. The van der Waals surface area contributed by atoms with Gasteiger partial charge in [0.25, 0.3) is 0 Å². The Labute approximate surface area is 183 Å². The first-order chi connectivity index (χ1) is 14.8. The van der Waals surface area contributed by atoms with Crippen LogP contribution in [0.15, 0.2) is 67.0 Å². The second kappa shape index (κ2) is 10.1. The number of nitrogens with one attached hydrogen (secondary N) is 2. The Hall–Kier alpha value is -3.41. The zero-order valence-corrected chi connectivity index (χ0v) is 18.4. The predicted octanol–water partition coefficient (Wildman–Crippen LogP) is 3.77. The zero-order chi connectivity index (χ0) is 22.3. The molecule has 0 atom stereocenters. The van der Waals surface area contributed by atoms with Crippen LogP contribution in [0, 0.1) is 5.41 Å². The molecule has 3 rings (SSSR count). The lowest BCUT2D eigenvalue weighted by atomic mass is 9.96. The Kier molecular flexibility index (Phi) is 7.23. The van der Waals surface area contributed by atoms with Crippen molar-refractivity contribution in [1.29, 1.82) is 0 Å². The van der Waals surface area contributed by atoms with E-state index in [0.717, 1.165) is 23.2 Å². The van der Waals surface area contributed by atoms with Gasteiger partial charge in [-0.15, -0.1) is 0 Å². The third kappa shape index (κ3) is 6.54. The van der Waals surface area contributed by atoms with Gasteiger partial charge in [0.15, 0.2) is 0 Å². The highest BCUT2D eigenvalue weighted by molar-refractivity contribution is 5.82. The molecule has 2 amide bonds. The van der Waals surface area contributed by atoms with E-state index in [1.807, 2.05) is 55.9 Å². The summed E-state index contributed by atoms with van der Waals surface area (Å²) in [5.74, 6) is -0.139. The van der Waals surface area contributed by atoms with Gasteiger partial charge >= 0.3 is 0 Å². The maximum absolute atomic E-state index is 12.2. The molecule has 0 aliphatic rings. The maximum Gasteiger partial charge on any atom is 0.225 e. The van der Waals surface area contributed by atoms with Crippen LogP contribution in [0.5, 0.6) is 0 Å². The van der Waals surface area contributed by atoms with Crippen molar-refractivity contribution in [3.63, 3.8) is 0 Å². The molecule has 162 valence electrons. The fraction of sp³-hybridized carbons (Fsp3) is 0.320. The fourth-order valence-corrected chi connectivity index (χ4v) is 3.16.